The third-order valence-corrected chi connectivity index (χ3v) is 1.70. The summed E-state index contributed by atoms with van der Waals surface area (Å²) in [6, 6.07) is 3.14. The van der Waals surface area contributed by atoms with Crippen molar-refractivity contribution >= 4 is 6.29 Å². The molecule has 0 saturated heterocycles. The van der Waals surface area contributed by atoms with E-state index in [2.05, 4.69) is 0 Å². The number of methoxy groups -OCH3 is 1. The summed E-state index contributed by atoms with van der Waals surface area (Å²) in [5.41, 5.74) is 0.678. The number of aryl methyl sites for hydroxylation is 1. The first-order valence-corrected chi connectivity index (χ1v) is 3.49. The third-order valence-electron chi connectivity index (χ3n) is 1.70. The Kier molecular flexibility index (Phi) is 2.43. The molecule has 0 spiro atoms. The molecular weight excluding hydrogens is 159 g/mol. The minimum Gasteiger partial charge on any atom is -0.494 e. The summed E-state index contributed by atoms with van der Waals surface area (Å²) in [4.78, 5) is 10.4. The van der Waals surface area contributed by atoms with Crippen molar-refractivity contribution in [2.45, 2.75) is 6.92 Å². The first kappa shape index (κ1) is 8.71. The Labute approximate surface area is 70.0 Å². The summed E-state index contributed by atoms with van der Waals surface area (Å²) < 4.78 is 17.9. The van der Waals surface area contributed by atoms with Crippen LogP contribution in [0.1, 0.15) is 15.9 Å². The van der Waals surface area contributed by atoms with Crippen molar-refractivity contribution in [1.82, 2.24) is 0 Å². The van der Waals surface area contributed by atoms with Crippen LogP contribution in [0, 0.1) is 12.7 Å². The predicted molar refractivity (Wildman–Crippen MR) is 43.1 cm³/mol. The van der Waals surface area contributed by atoms with Crippen molar-refractivity contribution in [1.29, 1.82) is 0 Å². The molecule has 0 aromatic heterocycles. The fourth-order valence-electron chi connectivity index (χ4n) is 0.972. The largest absolute Gasteiger partial charge is 0.494 e. The van der Waals surface area contributed by atoms with Gasteiger partial charge in [-0.05, 0) is 18.6 Å². The van der Waals surface area contributed by atoms with Crippen molar-refractivity contribution in [3.8, 4) is 5.75 Å². The molecule has 64 valence electrons. The van der Waals surface area contributed by atoms with Crippen molar-refractivity contribution in [3.05, 3.63) is 29.1 Å². The van der Waals surface area contributed by atoms with E-state index < -0.39 is 5.82 Å². The van der Waals surface area contributed by atoms with Crippen molar-refractivity contribution in [2.24, 2.45) is 0 Å². The molecule has 0 aliphatic rings. The van der Waals surface area contributed by atoms with Crippen LogP contribution in [0.2, 0.25) is 0 Å². The van der Waals surface area contributed by atoms with Crippen molar-refractivity contribution < 1.29 is 13.9 Å². The predicted octanol–water partition coefficient (Wildman–Crippen LogP) is 1.96. The zero-order valence-corrected chi connectivity index (χ0v) is 6.93. The fourth-order valence-corrected chi connectivity index (χ4v) is 0.972. The Morgan fingerprint density at radius 2 is 2.17 bits per heavy atom. The molecule has 1 aromatic carbocycles. The molecule has 3 heteroatoms. The molecule has 0 heterocycles. The van der Waals surface area contributed by atoms with E-state index in [0.717, 1.165) is 0 Å². The van der Waals surface area contributed by atoms with Crippen LogP contribution in [0.3, 0.4) is 0 Å². The van der Waals surface area contributed by atoms with Gasteiger partial charge in [0.15, 0.2) is 17.9 Å². The maximum absolute atomic E-state index is 13.2. The lowest BCUT2D eigenvalue weighted by atomic mass is 10.1. The number of rotatable bonds is 2. The van der Waals surface area contributed by atoms with E-state index in [4.69, 9.17) is 4.74 Å². The number of hydrogen-bond acceptors (Lipinski definition) is 2. The molecule has 0 bridgehead atoms. The molecular formula is C9H9FO2. The van der Waals surface area contributed by atoms with Gasteiger partial charge in [-0.2, -0.15) is 0 Å². The molecule has 2 nitrogen and oxygen atoms in total. The fraction of sp³-hybridized carbons (Fsp3) is 0.222. The molecule has 1 aromatic rings. The van der Waals surface area contributed by atoms with Gasteiger partial charge in [0.2, 0.25) is 0 Å². The summed E-state index contributed by atoms with van der Waals surface area (Å²) in [7, 11) is 1.36. The van der Waals surface area contributed by atoms with Gasteiger partial charge in [-0.3, -0.25) is 4.79 Å². The van der Waals surface area contributed by atoms with Crippen LogP contribution in [0.4, 0.5) is 4.39 Å². The number of carbonyl (C=O) groups excluding carboxylic acids is 1. The van der Waals surface area contributed by atoms with E-state index in [1.54, 1.807) is 13.0 Å². The lowest BCUT2D eigenvalue weighted by molar-refractivity contribution is 0.111. The average Bonchev–Trinajstić information content (AvgIpc) is 2.06. The number of halogens is 1. The summed E-state index contributed by atoms with van der Waals surface area (Å²) in [5.74, 6) is -0.491. The van der Waals surface area contributed by atoms with Crippen molar-refractivity contribution in [2.75, 3.05) is 7.11 Å². The first-order chi connectivity index (χ1) is 5.70. The molecule has 0 amide bonds. The highest BCUT2D eigenvalue weighted by Gasteiger charge is 2.09. The Bertz CT molecular complexity index is 308. The molecule has 0 atom stereocenters. The van der Waals surface area contributed by atoms with Gasteiger partial charge in [0.25, 0.3) is 0 Å². The normalized spacial score (nSPS) is 9.58. The SMILES string of the molecule is COc1ccc(C)c(C=O)c1F. The van der Waals surface area contributed by atoms with Crippen LogP contribution >= 0.6 is 0 Å². The second kappa shape index (κ2) is 3.34. The Morgan fingerprint density at radius 1 is 1.50 bits per heavy atom. The molecule has 0 aliphatic heterocycles. The molecule has 0 N–H and O–H groups in total. The first-order valence-electron chi connectivity index (χ1n) is 3.49. The van der Waals surface area contributed by atoms with Gasteiger partial charge in [0.05, 0.1) is 12.7 Å². The molecule has 0 saturated carbocycles. The highest BCUT2D eigenvalue weighted by molar-refractivity contribution is 5.78. The van der Waals surface area contributed by atoms with Crippen LogP contribution in [0.15, 0.2) is 12.1 Å². The van der Waals surface area contributed by atoms with Gasteiger partial charge < -0.3 is 4.74 Å². The highest BCUT2D eigenvalue weighted by Crippen LogP contribution is 2.21. The van der Waals surface area contributed by atoms with Gasteiger partial charge in [0, 0.05) is 0 Å². The van der Waals surface area contributed by atoms with Crippen LogP contribution in [0.5, 0.6) is 5.75 Å². The van der Waals surface area contributed by atoms with Crippen molar-refractivity contribution in [3.63, 3.8) is 0 Å². The number of hydrogen-bond donors (Lipinski definition) is 0. The van der Waals surface area contributed by atoms with E-state index >= 15 is 0 Å². The monoisotopic (exact) mass is 168 g/mol. The number of ether oxygens (including phenoxy) is 1. The zero-order chi connectivity index (χ0) is 9.14. The maximum Gasteiger partial charge on any atom is 0.175 e. The molecule has 0 unspecified atom stereocenters. The lowest BCUT2D eigenvalue weighted by Crippen LogP contribution is -1.96. The average molecular weight is 168 g/mol. The van der Waals surface area contributed by atoms with Crippen LogP contribution in [0.25, 0.3) is 0 Å². The second-order valence-corrected chi connectivity index (χ2v) is 2.43. The Hall–Kier alpha value is -1.38. The molecule has 0 fully saturated rings. The number of carbonyl (C=O) groups is 1. The molecule has 0 aliphatic carbocycles. The van der Waals surface area contributed by atoms with E-state index in [1.165, 1.54) is 13.2 Å². The molecule has 12 heavy (non-hydrogen) atoms. The molecule has 1 rings (SSSR count). The third kappa shape index (κ3) is 1.30. The van der Waals surface area contributed by atoms with Crippen LogP contribution in [-0.2, 0) is 0 Å². The quantitative estimate of drug-likeness (QED) is 0.631. The van der Waals surface area contributed by atoms with Crippen LogP contribution < -0.4 is 4.74 Å². The lowest BCUT2D eigenvalue weighted by Gasteiger charge is -2.04. The summed E-state index contributed by atoms with van der Waals surface area (Å²) in [6.07, 6.45) is 0.493. The number of benzene rings is 1. The Morgan fingerprint density at radius 3 is 2.67 bits per heavy atom. The van der Waals surface area contributed by atoms with E-state index in [9.17, 15) is 9.18 Å². The minimum atomic E-state index is -0.590. The second-order valence-electron chi connectivity index (χ2n) is 2.43. The maximum atomic E-state index is 13.2. The van der Waals surface area contributed by atoms with Gasteiger partial charge in [0.1, 0.15) is 0 Å². The van der Waals surface area contributed by atoms with E-state index in [1.807, 2.05) is 0 Å². The van der Waals surface area contributed by atoms with Gasteiger partial charge in [-0.25, -0.2) is 4.39 Å². The van der Waals surface area contributed by atoms with Crippen LogP contribution in [-0.4, -0.2) is 13.4 Å². The van der Waals surface area contributed by atoms with Gasteiger partial charge in [-0.1, -0.05) is 6.07 Å². The van der Waals surface area contributed by atoms with Gasteiger partial charge in [-0.15, -0.1) is 0 Å². The van der Waals surface area contributed by atoms with E-state index in [0.29, 0.717) is 11.8 Å². The highest BCUT2D eigenvalue weighted by atomic mass is 19.1. The number of aldehydes is 1. The topological polar surface area (TPSA) is 26.3 Å². The summed E-state index contributed by atoms with van der Waals surface area (Å²) >= 11 is 0. The summed E-state index contributed by atoms with van der Waals surface area (Å²) in [5, 5.41) is 0. The Balaban J connectivity index is 3.33. The smallest absolute Gasteiger partial charge is 0.175 e. The standard InChI is InChI=1S/C9H9FO2/c1-6-3-4-8(12-2)9(10)7(6)5-11/h3-5H,1-2H3. The summed E-state index contributed by atoms with van der Waals surface area (Å²) in [6.45, 7) is 1.67. The van der Waals surface area contributed by atoms with E-state index in [-0.39, 0.29) is 11.3 Å². The zero-order valence-electron chi connectivity index (χ0n) is 6.93. The van der Waals surface area contributed by atoms with Gasteiger partial charge >= 0.3 is 0 Å². The molecule has 0 radical (unpaired) electrons. The minimum absolute atomic E-state index is 0.0642.